The van der Waals surface area contributed by atoms with Gasteiger partial charge in [-0.1, -0.05) is 20.8 Å². The van der Waals surface area contributed by atoms with E-state index in [4.69, 9.17) is 0 Å². The van der Waals surface area contributed by atoms with Crippen molar-refractivity contribution in [3.8, 4) is 0 Å². The number of rotatable bonds is 0. The highest BCUT2D eigenvalue weighted by Crippen LogP contribution is 2.70. The highest BCUT2D eigenvalue weighted by atomic mass is 16.1. The van der Waals surface area contributed by atoms with Gasteiger partial charge in [0.1, 0.15) is 5.78 Å². The number of carbonyl (C=O) groups is 1. The Morgan fingerprint density at radius 3 is 2.73 bits per heavy atom. The van der Waals surface area contributed by atoms with E-state index in [2.05, 4.69) is 20.8 Å². The Bertz CT molecular complexity index is 317. The van der Waals surface area contributed by atoms with E-state index in [0.29, 0.717) is 22.5 Å². The van der Waals surface area contributed by atoms with Crippen LogP contribution in [-0.4, -0.2) is 5.78 Å². The maximum Gasteiger partial charge on any atom is 0.133 e. The Labute approximate surface area is 92.6 Å². The topological polar surface area (TPSA) is 17.1 Å². The zero-order chi connectivity index (χ0) is 10.8. The lowest BCUT2D eigenvalue weighted by molar-refractivity contribution is -0.125. The third-order valence-corrected chi connectivity index (χ3v) is 6.14. The molecule has 0 aromatic heterocycles. The lowest BCUT2D eigenvalue weighted by Gasteiger charge is -2.37. The number of carbonyl (C=O) groups excluding carboxylic acids is 1. The molecule has 3 rings (SSSR count). The average molecular weight is 206 g/mol. The minimum Gasteiger partial charge on any atom is -0.300 e. The molecule has 0 aliphatic heterocycles. The number of ketones is 1. The molecule has 3 aliphatic rings. The quantitative estimate of drug-likeness (QED) is 0.593. The smallest absolute Gasteiger partial charge is 0.133 e. The molecule has 0 radical (unpaired) electrons. The largest absolute Gasteiger partial charge is 0.300 e. The molecular weight excluding hydrogens is 184 g/mol. The Morgan fingerprint density at radius 1 is 1.27 bits per heavy atom. The molecule has 3 aliphatic carbocycles. The second-order valence-electron chi connectivity index (χ2n) is 6.91. The summed E-state index contributed by atoms with van der Waals surface area (Å²) in [6.45, 7) is 7.22. The van der Waals surface area contributed by atoms with Crippen molar-refractivity contribution in [2.45, 2.75) is 52.9 Å². The summed E-state index contributed by atoms with van der Waals surface area (Å²) in [5, 5.41) is 0. The van der Waals surface area contributed by atoms with Gasteiger partial charge in [-0.05, 0) is 47.8 Å². The van der Waals surface area contributed by atoms with E-state index in [1.165, 1.54) is 19.3 Å². The molecule has 0 aromatic carbocycles. The van der Waals surface area contributed by atoms with E-state index < -0.39 is 0 Å². The summed E-state index contributed by atoms with van der Waals surface area (Å²) in [6.07, 6.45) is 5.85. The Balaban J connectivity index is 2.08. The molecule has 0 heterocycles. The SMILES string of the molecule is C[C@@H]1CC[C@H]2C(C)(C)C3CC(=O)CC12C3. The van der Waals surface area contributed by atoms with Crippen molar-refractivity contribution in [1.82, 2.24) is 0 Å². The predicted molar refractivity (Wildman–Crippen MR) is 60.5 cm³/mol. The van der Waals surface area contributed by atoms with Gasteiger partial charge in [-0.3, -0.25) is 4.79 Å². The van der Waals surface area contributed by atoms with Crippen molar-refractivity contribution >= 4 is 5.78 Å². The summed E-state index contributed by atoms with van der Waals surface area (Å²) in [4.78, 5) is 11.9. The molecule has 4 atom stereocenters. The summed E-state index contributed by atoms with van der Waals surface area (Å²) < 4.78 is 0. The minimum atomic E-state index is 0.420. The maximum absolute atomic E-state index is 11.9. The predicted octanol–water partition coefficient (Wildman–Crippen LogP) is 3.43. The number of hydrogen-bond acceptors (Lipinski definition) is 1. The van der Waals surface area contributed by atoms with Crippen molar-refractivity contribution in [3.63, 3.8) is 0 Å². The molecule has 0 amide bonds. The second-order valence-corrected chi connectivity index (χ2v) is 6.91. The molecule has 15 heavy (non-hydrogen) atoms. The van der Waals surface area contributed by atoms with Gasteiger partial charge in [0.25, 0.3) is 0 Å². The summed E-state index contributed by atoms with van der Waals surface area (Å²) >= 11 is 0. The zero-order valence-corrected chi connectivity index (χ0v) is 10.2. The first-order valence-corrected chi connectivity index (χ1v) is 6.48. The standard InChI is InChI=1S/C14H22O/c1-9-4-5-12-13(2,3)10-6-11(15)8-14(9,12)7-10/h9-10,12H,4-8H2,1-3H3/t9-,10?,12+,14?/m1/s1. The third-order valence-electron chi connectivity index (χ3n) is 6.14. The van der Waals surface area contributed by atoms with Gasteiger partial charge in [-0.2, -0.15) is 0 Å². The van der Waals surface area contributed by atoms with Gasteiger partial charge in [0.2, 0.25) is 0 Å². The van der Waals surface area contributed by atoms with Crippen LogP contribution in [0, 0.1) is 28.6 Å². The van der Waals surface area contributed by atoms with Gasteiger partial charge >= 0.3 is 0 Å². The van der Waals surface area contributed by atoms with Crippen LogP contribution in [0.1, 0.15) is 52.9 Å². The number of fused-ring (bicyclic) bond motifs is 1. The van der Waals surface area contributed by atoms with E-state index in [1.807, 2.05) is 0 Å². The molecule has 0 saturated heterocycles. The average Bonchev–Trinajstić information content (AvgIpc) is 2.50. The molecule has 0 N–H and O–H groups in total. The van der Waals surface area contributed by atoms with Gasteiger partial charge in [0.15, 0.2) is 0 Å². The first-order chi connectivity index (χ1) is 6.97. The van der Waals surface area contributed by atoms with E-state index in [1.54, 1.807) is 0 Å². The molecular formula is C14H22O. The van der Waals surface area contributed by atoms with Crippen molar-refractivity contribution in [2.24, 2.45) is 28.6 Å². The van der Waals surface area contributed by atoms with E-state index >= 15 is 0 Å². The van der Waals surface area contributed by atoms with Crippen LogP contribution in [0.2, 0.25) is 0 Å². The van der Waals surface area contributed by atoms with E-state index in [0.717, 1.165) is 24.7 Å². The molecule has 3 fully saturated rings. The lowest BCUT2D eigenvalue weighted by Crippen LogP contribution is -2.33. The number of Topliss-reactive ketones (excluding diaryl/α,β-unsaturated/α-hetero) is 1. The van der Waals surface area contributed by atoms with Gasteiger partial charge in [-0.15, -0.1) is 0 Å². The highest BCUT2D eigenvalue weighted by Gasteiger charge is 2.64. The molecule has 2 unspecified atom stereocenters. The van der Waals surface area contributed by atoms with Crippen LogP contribution in [0.25, 0.3) is 0 Å². The van der Waals surface area contributed by atoms with Crippen LogP contribution in [0.15, 0.2) is 0 Å². The molecule has 1 heteroatoms. The van der Waals surface area contributed by atoms with Crippen LogP contribution in [0.4, 0.5) is 0 Å². The van der Waals surface area contributed by atoms with E-state index in [-0.39, 0.29) is 0 Å². The van der Waals surface area contributed by atoms with Gasteiger partial charge in [-0.25, -0.2) is 0 Å². The molecule has 1 spiro atoms. The fraction of sp³-hybridized carbons (Fsp3) is 0.929. The summed E-state index contributed by atoms with van der Waals surface area (Å²) in [5.41, 5.74) is 0.848. The van der Waals surface area contributed by atoms with Crippen molar-refractivity contribution in [2.75, 3.05) is 0 Å². The molecule has 1 nitrogen and oxygen atoms in total. The van der Waals surface area contributed by atoms with Crippen molar-refractivity contribution in [1.29, 1.82) is 0 Å². The fourth-order valence-corrected chi connectivity index (χ4v) is 5.22. The summed E-state index contributed by atoms with van der Waals surface area (Å²) in [5.74, 6) is 2.86. The Hall–Kier alpha value is -0.330. The monoisotopic (exact) mass is 206 g/mol. The van der Waals surface area contributed by atoms with Crippen LogP contribution < -0.4 is 0 Å². The minimum absolute atomic E-state index is 0.420. The first kappa shape index (κ1) is 9.86. The molecule has 3 saturated carbocycles. The van der Waals surface area contributed by atoms with Crippen LogP contribution in [0.3, 0.4) is 0 Å². The summed E-state index contributed by atoms with van der Waals surface area (Å²) in [7, 11) is 0. The Kier molecular flexibility index (Phi) is 1.76. The fourth-order valence-electron chi connectivity index (χ4n) is 5.22. The zero-order valence-electron chi connectivity index (χ0n) is 10.2. The van der Waals surface area contributed by atoms with Crippen LogP contribution in [-0.2, 0) is 4.79 Å². The maximum atomic E-state index is 11.9. The van der Waals surface area contributed by atoms with Gasteiger partial charge < -0.3 is 0 Å². The van der Waals surface area contributed by atoms with E-state index in [9.17, 15) is 4.79 Å². The third kappa shape index (κ3) is 1.02. The van der Waals surface area contributed by atoms with Gasteiger partial charge in [0.05, 0.1) is 0 Å². The highest BCUT2D eigenvalue weighted by molar-refractivity contribution is 5.81. The normalized spacial score (nSPS) is 51.9. The first-order valence-electron chi connectivity index (χ1n) is 6.48. The molecule has 0 aromatic rings. The molecule has 84 valence electrons. The lowest BCUT2D eigenvalue weighted by atomic mass is 9.67. The number of hydrogen-bond donors (Lipinski definition) is 0. The second kappa shape index (κ2) is 2.67. The van der Waals surface area contributed by atoms with Crippen molar-refractivity contribution < 1.29 is 4.79 Å². The van der Waals surface area contributed by atoms with Crippen LogP contribution >= 0.6 is 0 Å². The van der Waals surface area contributed by atoms with Crippen LogP contribution in [0.5, 0.6) is 0 Å². The van der Waals surface area contributed by atoms with Crippen molar-refractivity contribution in [3.05, 3.63) is 0 Å². The summed E-state index contributed by atoms with van der Waals surface area (Å²) in [6, 6.07) is 0. The Morgan fingerprint density at radius 2 is 2.00 bits per heavy atom. The molecule has 2 bridgehead atoms. The van der Waals surface area contributed by atoms with Gasteiger partial charge in [0, 0.05) is 12.8 Å².